The van der Waals surface area contributed by atoms with E-state index in [0.29, 0.717) is 5.41 Å². The van der Waals surface area contributed by atoms with Gasteiger partial charge in [-0.25, -0.2) is 0 Å². The molecule has 12 heavy (non-hydrogen) atoms. The Labute approximate surface area is 83.6 Å². The molecule has 1 fully saturated rings. The number of hydrogen-bond acceptors (Lipinski definition) is 0. The third-order valence-corrected chi connectivity index (χ3v) is 4.02. The summed E-state index contributed by atoms with van der Waals surface area (Å²) in [6.45, 7) is 0. The first-order valence-electron chi connectivity index (χ1n) is 5.10. The van der Waals surface area contributed by atoms with Crippen LogP contribution in [0.4, 0.5) is 0 Å². The molecule has 0 aromatic carbocycles. The largest absolute Gasteiger partial charge is 0.0928 e. The second-order valence-electron chi connectivity index (χ2n) is 4.37. The Bertz CT molecular complexity index is 185. The number of alkyl halides is 1. The van der Waals surface area contributed by atoms with Gasteiger partial charge in [0, 0.05) is 5.33 Å². The highest BCUT2D eigenvalue weighted by Gasteiger charge is 2.39. The Kier molecular flexibility index (Phi) is 2.59. The average Bonchev–Trinajstić information content (AvgIpc) is 2.64. The smallest absolute Gasteiger partial charge is 0.00313 e. The van der Waals surface area contributed by atoms with Crippen LogP contribution in [0, 0.1) is 11.3 Å². The maximum absolute atomic E-state index is 3.49. The van der Waals surface area contributed by atoms with E-state index in [1.807, 2.05) is 0 Å². The molecule has 0 radical (unpaired) electrons. The highest BCUT2D eigenvalue weighted by atomic mass is 79.9. The topological polar surface area (TPSA) is 0 Å². The Morgan fingerprint density at radius 1 is 1.42 bits per heavy atom. The molecule has 0 amide bonds. The SMILES string of the molecule is BrCCCCC12C=CC(CC1)C2. The lowest BCUT2D eigenvalue weighted by molar-refractivity contribution is 0.357. The molecule has 1 heteroatoms. The molecule has 0 nitrogen and oxygen atoms in total. The lowest BCUT2D eigenvalue weighted by Gasteiger charge is -2.22. The van der Waals surface area contributed by atoms with Gasteiger partial charge in [0.05, 0.1) is 0 Å². The van der Waals surface area contributed by atoms with Crippen LogP contribution in [0.5, 0.6) is 0 Å². The molecule has 2 rings (SSSR count). The van der Waals surface area contributed by atoms with E-state index in [1.54, 1.807) is 0 Å². The van der Waals surface area contributed by atoms with E-state index in [2.05, 4.69) is 28.1 Å². The van der Waals surface area contributed by atoms with Crippen molar-refractivity contribution in [3.05, 3.63) is 12.2 Å². The molecule has 2 aliphatic rings. The number of allylic oxidation sites excluding steroid dienone is 2. The molecule has 68 valence electrons. The van der Waals surface area contributed by atoms with Crippen molar-refractivity contribution < 1.29 is 0 Å². The maximum Gasteiger partial charge on any atom is 0.00313 e. The van der Waals surface area contributed by atoms with Gasteiger partial charge >= 0.3 is 0 Å². The highest BCUT2D eigenvalue weighted by molar-refractivity contribution is 9.09. The monoisotopic (exact) mass is 228 g/mol. The van der Waals surface area contributed by atoms with Crippen molar-refractivity contribution in [2.24, 2.45) is 11.3 Å². The average molecular weight is 229 g/mol. The van der Waals surface area contributed by atoms with E-state index in [4.69, 9.17) is 0 Å². The van der Waals surface area contributed by atoms with Crippen LogP contribution < -0.4 is 0 Å². The number of fused-ring (bicyclic) bond motifs is 2. The summed E-state index contributed by atoms with van der Waals surface area (Å²) in [4.78, 5) is 0. The van der Waals surface area contributed by atoms with Crippen molar-refractivity contribution in [2.75, 3.05) is 5.33 Å². The van der Waals surface area contributed by atoms with Gasteiger partial charge in [0.1, 0.15) is 0 Å². The summed E-state index contributed by atoms with van der Waals surface area (Å²) in [5, 5.41) is 1.18. The standard InChI is InChI=1S/C11H17Br/c12-8-2-1-5-11-6-3-10(9-11)4-7-11/h3,6,10H,1-2,4-5,7-9H2. The minimum absolute atomic E-state index is 0.660. The normalized spacial score (nSPS) is 37.9. The van der Waals surface area contributed by atoms with Gasteiger partial charge in [-0.15, -0.1) is 0 Å². The minimum Gasteiger partial charge on any atom is -0.0928 e. The fourth-order valence-corrected chi connectivity index (χ4v) is 3.13. The van der Waals surface area contributed by atoms with Crippen molar-refractivity contribution in [1.82, 2.24) is 0 Å². The molecule has 0 spiro atoms. The van der Waals surface area contributed by atoms with E-state index in [-0.39, 0.29) is 0 Å². The Morgan fingerprint density at radius 2 is 2.33 bits per heavy atom. The Balaban J connectivity index is 1.83. The van der Waals surface area contributed by atoms with Gasteiger partial charge in [-0.2, -0.15) is 0 Å². The first kappa shape index (κ1) is 8.80. The predicted octanol–water partition coefficient (Wildman–Crippen LogP) is 3.91. The van der Waals surface area contributed by atoms with Crippen LogP contribution >= 0.6 is 15.9 Å². The van der Waals surface area contributed by atoms with Crippen LogP contribution in [0.25, 0.3) is 0 Å². The van der Waals surface area contributed by atoms with Crippen LogP contribution in [0.1, 0.15) is 38.5 Å². The summed E-state index contributed by atoms with van der Waals surface area (Å²) in [5.74, 6) is 0.953. The summed E-state index contributed by atoms with van der Waals surface area (Å²) in [7, 11) is 0. The van der Waals surface area contributed by atoms with Gasteiger partial charge < -0.3 is 0 Å². The third-order valence-electron chi connectivity index (χ3n) is 3.46. The zero-order chi connectivity index (χ0) is 8.44. The Morgan fingerprint density at radius 3 is 2.83 bits per heavy atom. The molecule has 0 saturated heterocycles. The summed E-state index contributed by atoms with van der Waals surface area (Å²) in [5.41, 5.74) is 0.660. The molecular formula is C11H17Br. The zero-order valence-corrected chi connectivity index (χ0v) is 9.15. The second-order valence-corrected chi connectivity index (χ2v) is 5.16. The Hall–Kier alpha value is 0.220. The zero-order valence-electron chi connectivity index (χ0n) is 7.56. The van der Waals surface area contributed by atoms with Crippen molar-refractivity contribution in [3.63, 3.8) is 0 Å². The van der Waals surface area contributed by atoms with Gasteiger partial charge in [0.2, 0.25) is 0 Å². The van der Waals surface area contributed by atoms with Gasteiger partial charge in [0.25, 0.3) is 0 Å². The molecule has 2 atom stereocenters. The van der Waals surface area contributed by atoms with E-state index in [1.165, 1.54) is 43.9 Å². The molecule has 1 saturated carbocycles. The quantitative estimate of drug-likeness (QED) is 0.389. The van der Waals surface area contributed by atoms with Crippen molar-refractivity contribution >= 4 is 15.9 Å². The van der Waals surface area contributed by atoms with Crippen LogP contribution in [-0.4, -0.2) is 5.33 Å². The number of hydrogen-bond donors (Lipinski definition) is 0. The van der Waals surface area contributed by atoms with Crippen LogP contribution in [0.15, 0.2) is 12.2 Å². The van der Waals surface area contributed by atoms with E-state index < -0.39 is 0 Å². The van der Waals surface area contributed by atoms with E-state index in [9.17, 15) is 0 Å². The number of unbranched alkanes of at least 4 members (excludes halogenated alkanes) is 1. The molecule has 2 unspecified atom stereocenters. The van der Waals surface area contributed by atoms with Gasteiger partial charge in [-0.05, 0) is 43.4 Å². The highest BCUT2D eigenvalue weighted by Crippen LogP contribution is 2.51. The minimum atomic E-state index is 0.660. The molecule has 0 aliphatic heterocycles. The molecule has 0 N–H and O–H groups in total. The summed E-state index contributed by atoms with van der Waals surface area (Å²) >= 11 is 3.49. The maximum atomic E-state index is 3.49. The second kappa shape index (κ2) is 3.53. The van der Waals surface area contributed by atoms with Crippen molar-refractivity contribution in [1.29, 1.82) is 0 Å². The molecule has 2 aliphatic carbocycles. The number of rotatable bonds is 4. The lowest BCUT2D eigenvalue weighted by atomic mass is 9.83. The predicted molar refractivity (Wildman–Crippen MR) is 56.6 cm³/mol. The van der Waals surface area contributed by atoms with Crippen LogP contribution in [0.3, 0.4) is 0 Å². The van der Waals surface area contributed by atoms with Gasteiger partial charge in [0.15, 0.2) is 0 Å². The molecule has 0 aromatic heterocycles. The van der Waals surface area contributed by atoms with Crippen molar-refractivity contribution in [3.8, 4) is 0 Å². The molecule has 0 heterocycles. The van der Waals surface area contributed by atoms with E-state index >= 15 is 0 Å². The van der Waals surface area contributed by atoms with E-state index in [0.717, 1.165) is 5.92 Å². The first-order valence-corrected chi connectivity index (χ1v) is 6.22. The third kappa shape index (κ3) is 1.61. The van der Waals surface area contributed by atoms with Crippen LogP contribution in [-0.2, 0) is 0 Å². The first-order chi connectivity index (χ1) is 5.85. The van der Waals surface area contributed by atoms with Crippen LogP contribution in [0.2, 0.25) is 0 Å². The van der Waals surface area contributed by atoms with Gasteiger partial charge in [-0.3, -0.25) is 0 Å². The summed E-state index contributed by atoms with van der Waals surface area (Å²) in [6.07, 6.45) is 13.6. The van der Waals surface area contributed by atoms with Crippen molar-refractivity contribution in [2.45, 2.75) is 38.5 Å². The molecule has 2 bridgehead atoms. The number of halogens is 1. The molecular weight excluding hydrogens is 212 g/mol. The molecule has 0 aromatic rings. The lowest BCUT2D eigenvalue weighted by Crippen LogP contribution is -2.10. The van der Waals surface area contributed by atoms with Gasteiger partial charge in [-0.1, -0.05) is 34.5 Å². The fourth-order valence-electron chi connectivity index (χ4n) is 2.74. The summed E-state index contributed by atoms with van der Waals surface area (Å²) < 4.78 is 0. The fraction of sp³-hybridized carbons (Fsp3) is 0.818. The summed E-state index contributed by atoms with van der Waals surface area (Å²) in [6, 6.07) is 0.